The molecule has 1 aliphatic heterocycles. The van der Waals surface area contributed by atoms with Crippen molar-refractivity contribution in [2.45, 2.75) is 63.5 Å². The third-order valence-corrected chi connectivity index (χ3v) is 4.16. The molecular formula is C12H24ClNO. The predicted molar refractivity (Wildman–Crippen MR) is 65.5 cm³/mol. The van der Waals surface area contributed by atoms with E-state index in [2.05, 4.69) is 12.2 Å². The van der Waals surface area contributed by atoms with Crippen molar-refractivity contribution in [1.82, 2.24) is 5.32 Å². The van der Waals surface area contributed by atoms with Gasteiger partial charge in [0.15, 0.2) is 0 Å². The molecule has 0 aromatic rings. The minimum atomic E-state index is -0.108. The molecule has 1 aliphatic carbocycles. The molecular weight excluding hydrogens is 210 g/mol. The first-order valence-corrected chi connectivity index (χ1v) is 6.14. The molecule has 2 N–H and O–H groups in total. The number of aliphatic hydroxyl groups is 1. The van der Waals surface area contributed by atoms with E-state index in [9.17, 15) is 5.11 Å². The van der Waals surface area contributed by atoms with Gasteiger partial charge < -0.3 is 10.4 Å². The van der Waals surface area contributed by atoms with Crippen LogP contribution in [0.3, 0.4) is 0 Å². The van der Waals surface area contributed by atoms with Crippen LogP contribution >= 0.6 is 12.4 Å². The summed E-state index contributed by atoms with van der Waals surface area (Å²) < 4.78 is 0. The Balaban J connectivity index is 0.00000112. The van der Waals surface area contributed by atoms with Gasteiger partial charge in [0.2, 0.25) is 0 Å². The van der Waals surface area contributed by atoms with Crippen molar-refractivity contribution >= 4 is 12.4 Å². The van der Waals surface area contributed by atoms with Crippen LogP contribution < -0.4 is 5.32 Å². The van der Waals surface area contributed by atoms with E-state index in [-0.39, 0.29) is 24.0 Å². The van der Waals surface area contributed by atoms with Crippen molar-refractivity contribution in [2.24, 2.45) is 5.92 Å². The van der Waals surface area contributed by atoms with Gasteiger partial charge in [-0.2, -0.15) is 0 Å². The van der Waals surface area contributed by atoms with Gasteiger partial charge in [-0.3, -0.25) is 0 Å². The zero-order valence-corrected chi connectivity index (χ0v) is 10.5. The van der Waals surface area contributed by atoms with Crippen molar-refractivity contribution in [3.05, 3.63) is 0 Å². The fourth-order valence-corrected chi connectivity index (χ4v) is 3.21. The summed E-state index contributed by atoms with van der Waals surface area (Å²) in [5.41, 5.74) is 0.226. The fraction of sp³-hybridized carbons (Fsp3) is 1.00. The molecule has 0 aromatic carbocycles. The molecule has 2 atom stereocenters. The second kappa shape index (κ2) is 5.51. The summed E-state index contributed by atoms with van der Waals surface area (Å²) in [6.07, 6.45) is 9.16. The highest BCUT2D eigenvalue weighted by atomic mass is 35.5. The predicted octanol–water partition coefficient (Wildman–Crippen LogP) is 2.49. The van der Waals surface area contributed by atoms with Gasteiger partial charge in [-0.25, -0.2) is 0 Å². The van der Waals surface area contributed by atoms with Crippen LogP contribution in [0.5, 0.6) is 0 Å². The Morgan fingerprint density at radius 3 is 2.20 bits per heavy atom. The van der Waals surface area contributed by atoms with E-state index in [0.29, 0.717) is 0 Å². The van der Waals surface area contributed by atoms with Crippen LogP contribution in [-0.2, 0) is 0 Å². The molecule has 2 rings (SSSR count). The number of aliphatic hydroxyl groups excluding tert-OH is 1. The molecule has 15 heavy (non-hydrogen) atoms. The number of rotatable bonds is 1. The molecule has 2 fully saturated rings. The Bertz CT molecular complexity index is 192. The monoisotopic (exact) mass is 233 g/mol. The summed E-state index contributed by atoms with van der Waals surface area (Å²) in [6, 6.07) is 0. The van der Waals surface area contributed by atoms with E-state index in [0.717, 1.165) is 18.9 Å². The molecule has 1 heterocycles. The third-order valence-electron chi connectivity index (χ3n) is 4.16. The molecule has 0 spiro atoms. The topological polar surface area (TPSA) is 32.3 Å². The van der Waals surface area contributed by atoms with Crippen LogP contribution in [0.25, 0.3) is 0 Å². The average molecular weight is 234 g/mol. The summed E-state index contributed by atoms with van der Waals surface area (Å²) in [6.45, 7) is 3.10. The maximum absolute atomic E-state index is 9.60. The zero-order valence-electron chi connectivity index (χ0n) is 9.67. The zero-order chi connectivity index (χ0) is 10.0. The Kier molecular flexibility index (Phi) is 4.88. The number of nitrogens with one attached hydrogen (secondary N) is 1. The van der Waals surface area contributed by atoms with Gasteiger partial charge in [-0.1, -0.05) is 25.7 Å². The van der Waals surface area contributed by atoms with E-state index >= 15 is 0 Å². The minimum absolute atomic E-state index is 0. The summed E-state index contributed by atoms with van der Waals surface area (Å²) in [7, 11) is 0. The number of hydrogen-bond donors (Lipinski definition) is 2. The van der Waals surface area contributed by atoms with Crippen LogP contribution in [0.4, 0.5) is 0 Å². The van der Waals surface area contributed by atoms with Gasteiger partial charge in [0.1, 0.15) is 0 Å². The fourth-order valence-electron chi connectivity index (χ4n) is 3.21. The van der Waals surface area contributed by atoms with Crippen LogP contribution in [0.1, 0.15) is 51.9 Å². The molecule has 3 heteroatoms. The van der Waals surface area contributed by atoms with Crippen molar-refractivity contribution in [2.75, 3.05) is 6.54 Å². The lowest BCUT2D eigenvalue weighted by Gasteiger charge is -2.34. The van der Waals surface area contributed by atoms with Gasteiger partial charge in [0, 0.05) is 12.1 Å². The van der Waals surface area contributed by atoms with Crippen molar-refractivity contribution in [3.8, 4) is 0 Å². The van der Waals surface area contributed by atoms with Gasteiger partial charge in [-0.05, 0) is 32.1 Å². The first kappa shape index (κ1) is 13.3. The minimum Gasteiger partial charge on any atom is -0.392 e. The van der Waals surface area contributed by atoms with Gasteiger partial charge in [-0.15, -0.1) is 12.4 Å². The van der Waals surface area contributed by atoms with E-state index in [1.807, 2.05) is 0 Å². The Morgan fingerprint density at radius 2 is 1.73 bits per heavy atom. The Hall–Kier alpha value is 0.210. The SMILES string of the molecule is CC1(C2CCCCCC2)CC(O)CN1.Cl. The molecule has 2 nitrogen and oxygen atoms in total. The number of hydrogen-bond acceptors (Lipinski definition) is 2. The largest absolute Gasteiger partial charge is 0.392 e. The number of β-amino-alcohol motifs (C(OH)–C–C–N with tert-alkyl or cyclic N) is 1. The van der Waals surface area contributed by atoms with E-state index in [1.54, 1.807) is 0 Å². The maximum atomic E-state index is 9.60. The quantitative estimate of drug-likeness (QED) is 0.683. The van der Waals surface area contributed by atoms with E-state index in [1.165, 1.54) is 38.5 Å². The van der Waals surface area contributed by atoms with Gasteiger partial charge in [0.05, 0.1) is 6.10 Å². The molecule has 0 bridgehead atoms. The average Bonchev–Trinajstić information content (AvgIpc) is 2.45. The lowest BCUT2D eigenvalue weighted by Crippen LogP contribution is -2.43. The Morgan fingerprint density at radius 1 is 1.13 bits per heavy atom. The van der Waals surface area contributed by atoms with Crippen molar-refractivity contribution in [1.29, 1.82) is 0 Å². The standard InChI is InChI=1S/C12H23NO.ClH/c1-12(8-11(14)9-13-12)10-6-4-2-3-5-7-10;/h10-11,13-14H,2-9H2,1H3;1H. The van der Waals surface area contributed by atoms with Crippen molar-refractivity contribution < 1.29 is 5.11 Å². The van der Waals surface area contributed by atoms with Crippen molar-refractivity contribution in [3.63, 3.8) is 0 Å². The van der Waals surface area contributed by atoms with Crippen LogP contribution in [0.15, 0.2) is 0 Å². The van der Waals surface area contributed by atoms with Gasteiger partial charge in [0.25, 0.3) is 0 Å². The summed E-state index contributed by atoms with van der Waals surface area (Å²) in [5.74, 6) is 0.794. The van der Waals surface area contributed by atoms with Crippen LogP contribution in [-0.4, -0.2) is 23.3 Å². The summed E-state index contributed by atoms with van der Waals surface area (Å²) in [5, 5.41) is 13.1. The first-order valence-electron chi connectivity index (χ1n) is 6.14. The second-order valence-electron chi connectivity index (χ2n) is 5.34. The molecule has 2 unspecified atom stereocenters. The molecule has 1 saturated heterocycles. The molecule has 1 saturated carbocycles. The normalized spacial score (nSPS) is 38.4. The molecule has 0 aromatic heterocycles. The molecule has 2 aliphatic rings. The van der Waals surface area contributed by atoms with E-state index in [4.69, 9.17) is 0 Å². The number of halogens is 1. The lowest BCUT2D eigenvalue weighted by atomic mass is 9.79. The molecule has 0 radical (unpaired) electrons. The Labute approximate surface area is 99.2 Å². The second-order valence-corrected chi connectivity index (χ2v) is 5.34. The summed E-state index contributed by atoms with van der Waals surface area (Å²) in [4.78, 5) is 0. The third kappa shape index (κ3) is 3.08. The van der Waals surface area contributed by atoms with Crippen LogP contribution in [0, 0.1) is 5.92 Å². The molecule has 90 valence electrons. The lowest BCUT2D eigenvalue weighted by molar-refractivity contribution is 0.166. The first-order chi connectivity index (χ1) is 6.71. The smallest absolute Gasteiger partial charge is 0.0682 e. The van der Waals surface area contributed by atoms with Crippen LogP contribution in [0.2, 0.25) is 0 Å². The maximum Gasteiger partial charge on any atom is 0.0682 e. The van der Waals surface area contributed by atoms with Gasteiger partial charge >= 0.3 is 0 Å². The summed E-state index contributed by atoms with van der Waals surface area (Å²) >= 11 is 0. The highest BCUT2D eigenvalue weighted by Gasteiger charge is 2.39. The molecule has 0 amide bonds. The van der Waals surface area contributed by atoms with E-state index < -0.39 is 0 Å². The highest BCUT2D eigenvalue weighted by Crippen LogP contribution is 2.36. The highest BCUT2D eigenvalue weighted by molar-refractivity contribution is 5.85.